The van der Waals surface area contributed by atoms with Crippen molar-refractivity contribution in [2.24, 2.45) is 5.92 Å². The first-order valence-corrected chi connectivity index (χ1v) is 15.4. The number of nitrogens with zero attached hydrogens (tertiary/aromatic N) is 3. The summed E-state index contributed by atoms with van der Waals surface area (Å²) >= 11 is 1.59. The monoisotopic (exact) mass is 648 g/mol. The summed E-state index contributed by atoms with van der Waals surface area (Å²) in [6.45, 7) is 4.98. The van der Waals surface area contributed by atoms with Gasteiger partial charge in [-0.3, -0.25) is 4.79 Å². The molecule has 0 aliphatic rings. The SMILES string of the molecule is CCC(CCO)Cn1cc([N-]c2ccc(-c3cc(-c4ccc(OC)c(OC)c4)cnc3N)cc2)c(=O)c(-c2ccc(C)s2)c1.[K+]. The Labute approximate surface area is 310 Å². The minimum absolute atomic E-state index is 0. The number of aliphatic hydroxyl groups is 1. The van der Waals surface area contributed by atoms with Crippen molar-refractivity contribution in [1.82, 2.24) is 9.55 Å². The predicted molar refractivity (Wildman–Crippen MR) is 180 cm³/mol. The molecule has 0 radical (unpaired) electrons. The van der Waals surface area contributed by atoms with Gasteiger partial charge in [0, 0.05) is 46.4 Å². The Morgan fingerprint density at radius 1 is 0.956 bits per heavy atom. The summed E-state index contributed by atoms with van der Waals surface area (Å²) in [6.07, 6.45) is 7.10. The second-order valence-corrected chi connectivity index (χ2v) is 12.0. The van der Waals surface area contributed by atoms with Crippen LogP contribution in [0.5, 0.6) is 11.5 Å². The number of hydrogen-bond donors (Lipinski definition) is 2. The molecule has 8 nitrogen and oxygen atoms in total. The number of nitrogens with two attached hydrogens (primary N) is 1. The fraction of sp³-hybridized carbons (Fsp3) is 0.257. The summed E-state index contributed by atoms with van der Waals surface area (Å²) < 4.78 is 12.9. The van der Waals surface area contributed by atoms with Gasteiger partial charge in [0.25, 0.3) is 0 Å². The second kappa shape index (κ2) is 16.0. The molecular formula is C35H37KN4O4S. The van der Waals surface area contributed by atoms with Gasteiger partial charge in [-0.1, -0.05) is 49.4 Å². The van der Waals surface area contributed by atoms with Crippen LogP contribution in [0.3, 0.4) is 0 Å². The molecule has 0 amide bonds. The maximum absolute atomic E-state index is 13.6. The van der Waals surface area contributed by atoms with E-state index < -0.39 is 0 Å². The number of rotatable bonds is 12. The molecule has 1 unspecified atom stereocenters. The summed E-state index contributed by atoms with van der Waals surface area (Å²) in [5.74, 6) is 1.98. The van der Waals surface area contributed by atoms with Crippen LogP contribution < -0.4 is 72.0 Å². The van der Waals surface area contributed by atoms with E-state index in [0.717, 1.165) is 38.4 Å². The quantitative estimate of drug-likeness (QED) is 0.185. The number of aromatic nitrogens is 2. The molecule has 228 valence electrons. The van der Waals surface area contributed by atoms with E-state index in [9.17, 15) is 9.90 Å². The Bertz CT molecular complexity index is 1800. The molecule has 3 aromatic heterocycles. The van der Waals surface area contributed by atoms with Crippen LogP contribution in [0.1, 0.15) is 24.6 Å². The van der Waals surface area contributed by atoms with Crippen molar-refractivity contribution < 1.29 is 66.0 Å². The number of benzene rings is 2. The smallest absolute Gasteiger partial charge is 0.653 e. The van der Waals surface area contributed by atoms with Gasteiger partial charge < -0.3 is 30.2 Å². The molecule has 0 aliphatic heterocycles. The van der Waals surface area contributed by atoms with Gasteiger partial charge in [0.2, 0.25) is 0 Å². The van der Waals surface area contributed by atoms with E-state index in [2.05, 4.69) is 11.9 Å². The van der Waals surface area contributed by atoms with Crippen molar-refractivity contribution >= 4 is 28.5 Å². The number of aryl methyl sites for hydroxylation is 1. The Balaban J connectivity index is 0.00000461. The Hall–Kier alpha value is -2.96. The molecule has 0 spiro atoms. The molecule has 0 fully saturated rings. The Kier molecular flexibility index (Phi) is 12.4. The number of methoxy groups -OCH3 is 2. The average Bonchev–Trinajstić information content (AvgIpc) is 3.48. The summed E-state index contributed by atoms with van der Waals surface area (Å²) in [7, 11) is 3.21. The summed E-state index contributed by atoms with van der Waals surface area (Å²) in [5, 5.41) is 14.3. The van der Waals surface area contributed by atoms with Gasteiger partial charge >= 0.3 is 51.4 Å². The molecule has 5 aromatic rings. The third-order valence-corrected chi connectivity index (χ3v) is 8.75. The van der Waals surface area contributed by atoms with Crippen LogP contribution in [0.25, 0.3) is 38.0 Å². The zero-order valence-electron chi connectivity index (χ0n) is 26.4. The molecule has 10 heteroatoms. The first-order valence-electron chi connectivity index (χ1n) is 14.5. The topological polar surface area (TPSA) is 114 Å². The van der Waals surface area contributed by atoms with Crippen LogP contribution in [-0.2, 0) is 6.54 Å². The van der Waals surface area contributed by atoms with Gasteiger partial charge in [0.1, 0.15) is 5.82 Å². The molecule has 3 N–H and O–H groups in total. The molecule has 0 aliphatic carbocycles. The molecule has 5 rings (SSSR count). The second-order valence-electron chi connectivity index (χ2n) is 10.7. The zero-order chi connectivity index (χ0) is 31.2. The van der Waals surface area contributed by atoms with Gasteiger partial charge in [-0.15, -0.1) is 17.0 Å². The molecule has 45 heavy (non-hydrogen) atoms. The number of nitrogen functional groups attached to an aromatic ring is 1. The van der Waals surface area contributed by atoms with Gasteiger partial charge in [0.15, 0.2) is 16.9 Å². The fourth-order valence-corrected chi connectivity index (χ4v) is 6.07. The maximum Gasteiger partial charge on any atom is 1.00 e. The standard InChI is InChI=1S/C35H37N4O4S.K/c1-5-23(14-15-40)19-39-20-29(33-13-6-22(2)44-33)34(41)30(21-39)38-27-10-7-24(8-11-27)28-16-26(18-37-35(28)36)25-9-12-31(42-3)32(17-25)43-4;/h6-13,16-18,20-21,23,40H,5,14-15,19H2,1-4H3,(H2,36,37);/q-1;+1. The van der Waals surface area contributed by atoms with Crippen molar-refractivity contribution in [2.45, 2.75) is 33.2 Å². The number of hydrogen-bond acceptors (Lipinski definition) is 7. The number of aliphatic hydroxyl groups excluding tert-OH is 1. The number of anilines is 1. The van der Waals surface area contributed by atoms with Gasteiger partial charge in [-0.05, 0) is 66.9 Å². The first kappa shape index (κ1) is 34.9. The van der Waals surface area contributed by atoms with E-state index in [4.69, 9.17) is 20.5 Å². The molecular weight excluding hydrogens is 612 g/mol. The van der Waals surface area contributed by atoms with Crippen LogP contribution in [-0.4, -0.2) is 35.5 Å². The third-order valence-electron chi connectivity index (χ3n) is 7.71. The predicted octanol–water partition coefficient (Wildman–Crippen LogP) is 4.96. The maximum atomic E-state index is 13.6. The third kappa shape index (κ3) is 8.25. The number of pyridine rings is 2. The first-order chi connectivity index (χ1) is 21.3. The van der Waals surface area contributed by atoms with Crippen molar-refractivity contribution in [3.8, 4) is 44.2 Å². The fourth-order valence-electron chi connectivity index (χ4n) is 5.20. The molecule has 0 bridgehead atoms. The van der Waals surface area contributed by atoms with E-state index in [1.165, 1.54) is 0 Å². The van der Waals surface area contributed by atoms with E-state index in [1.807, 2.05) is 84.5 Å². The van der Waals surface area contributed by atoms with E-state index >= 15 is 0 Å². The minimum atomic E-state index is -0.113. The van der Waals surface area contributed by atoms with Crippen molar-refractivity contribution in [3.05, 3.63) is 99.7 Å². The number of thiophene rings is 1. The zero-order valence-corrected chi connectivity index (χ0v) is 30.4. The Morgan fingerprint density at radius 3 is 2.33 bits per heavy atom. The van der Waals surface area contributed by atoms with Crippen molar-refractivity contribution in [2.75, 3.05) is 26.6 Å². The summed E-state index contributed by atoms with van der Waals surface area (Å²) in [6, 6.07) is 19.3. The van der Waals surface area contributed by atoms with Crippen LogP contribution in [0.4, 0.5) is 17.2 Å². The van der Waals surface area contributed by atoms with Gasteiger partial charge in [-0.25, -0.2) is 4.98 Å². The normalized spacial score (nSPS) is 11.5. The van der Waals surface area contributed by atoms with Crippen LogP contribution in [0.15, 0.2) is 84.0 Å². The van der Waals surface area contributed by atoms with Crippen LogP contribution in [0, 0.1) is 12.8 Å². The summed E-state index contributed by atoms with van der Waals surface area (Å²) in [4.78, 5) is 20.1. The van der Waals surface area contributed by atoms with Gasteiger partial charge in [0.05, 0.1) is 19.8 Å². The molecule has 0 saturated heterocycles. The van der Waals surface area contributed by atoms with Crippen molar-refractivity contribution in [1.29, 1.82) is 0 Å². The van der Waals surface area contributed by atoms with E-state index in [0.29, 0.717) is 53.1 Å². The van der Waals surface area contributed by atoms with Crippen LogP contribution >= 0.6 is 11.3 Å². The van der Waals surface area contributed by atoms with Gasteiger partial charge in [-0.2, -0.15) is 0 Å². The molecule has 1 atom stereocenters. The largest absolute Gasteiger partial charge is 1.00 e. The van der Waals surface area contributed by atoms with Crippen LogP contribution in [0.2, 0.25) is 0 Å². The molecule has 3 heterocycles. The minimum Gasteiger partial charge on any atom is -0.653 e. The van der Waals surface area contributed by atoms with E-state index in [-0.39, 0.29) is 63.4 Å². The Morgan fingerprint density at radius 2 is 1.69 bits per heavy atom. The molecule has 0 saturated carbocycles. The average molecular weight is 649 g/mol. The van der Waals surface area contributed by atoms with Crippen molar-refractivity contribution in [3.63, 3.8) is 0 Å². The number of ether oxygens (including phenoxy) is 2. The van der Waals surface area contributed by atoms with E-state index in [1.54, 1.807) is 31.8 Å². The molecule has 2 aromatic carbocycles. The summed E-state index contributed by atoms with van der Waals surface area (Å²) in [5.41, 5.74) is 11.3.